The zero-order valence-electron chi connectivity index (χ0n) is 10.4. The molecule has 3 N–H and O–H groups in total. The van der Waals surface area contributed by atoms with Crippen LogP contribution in [0.5, 0.6) is 0 Å². The van der Waals surface area contributed by atoms with E-state index in [1.807, 2.05) is 13.0 Å². The fourth-order valence-corrected chi connectivity index (χ4v) is 2.16. The van der Waals surface area contributed by atoms with Crippen LogP contribution in [0, 0.1) is 0 Å². The number of carbonyl (C=O) groups is 1. The monoisotopic (exact) mass is 288 g/mol. The van der Waals surface area contributed by atoms with E-state index in [9.17, 15) is 4.79 Å². The summed E-state index contributed by atoms with van der Waals surface area (Å²) in [4.78, 5) is 11.5. The highest BCUT2D eigenvalue weighted by molar-refractivity contribution is 6.35. The van der Waals surface area contributed by atoms with E-state index >= 15 is 0 Å². The Bertz CT molecular complexity index is 410. The Morgan fingerprint density at radius 2 is 2.17 bits per heavy atom. The molecule has 1 atom stereocenters. The van der Waals surface area contributed by atoms with Crippen molar-refractivity contribution in [2.24, 2.45) is 5.73 Å². The van der Waals surface area contributed by atoms with Gasteiger partial charge in [0.2, 0.25) is 5.91 Å². The van der Waals surface area contributed by atoms with Crippen molar-refractivity contribution in [2.45, 2.75) is 32.2 Å². The molecule has 0 radical (unpaired) electrons. The summed E-state index contributed by atoms with van der Waals surface area (Å²) in [6.07, 6.45) is 1.86. The van der Waals surface area contributed by atoms with E-state index in [0.717, 1.165) is 5.56 Å². The molecule has 5 heteroatoms. The summed E-state index contributed by atoms with van der Waals surface area (Å²) >= 11 is 11.9. The summed E-state index contributed by atoms with van der Waals surface area (Å²) in [6.45, 7) is 2.48. The number of rotatable bonds is 6. The maximum Gasteiger partial charge on any atom is 0.220 e. The van der Waals surface area contributed by atoms with Crippen molar-refractivity contribution in [3.8, 4) is 0 Å². The third kappa shape index (κ3) is 5.25. The van der Waals surface area contributed by atoms with Crippen LogP contribution in [0.3, 0.4) is 0 Å². The Balaban J connectivity index is 2.48. The first kappa shape index (κ1) is 15.3. The van der Waals surface area contributed by atoms with E-state index in [1.54, 1.807) is 12.1 Å². The van der Waals surface area contributed by atoms with E-state index in [1.165, 1.54) is 0 Å². The maximum absolute atomic E-state index is 11.5. The van der Waals surface area contributed by atoms with E-state index in [0.29, 0.717) is 35.9 Å². The summed E-state index contributed by atoms with van der Waals surface area (Å²) in [5.74, 6) is 0.0260. The van der Waals surface area contributed by atoms with Crippen molar-refractivity contribution < 1.29 is 4.79 Å². The number of hydrogen-bond acceptors (Lipinski definition) is 2. The molecule has 1 rings (SSSR count). The quantitative estimate of drug-likeness (QED) is 0.846. The van der Waals surface area contributed by atoms with Crippen LogP contribution in [0.4, 0.5) is 0 Å². The van der Waals surface area contributed by atoms with Gasteiger partial charge in [0.05, 0.1) is 0 Å². The minimum absolute atomic E-state index is 0.0260. The fourth-order valence-electron chi connectivity index (χ4n) is 1.68. The van der Waals surface area contributed by atoms with E-state index in [2.05, 4.69) is 5.32 Å². The number of nitrogens with one attached hydrogen (secondary N) is 1. The van der Waals surface area contributed by atoms with Crippen LogP contribution in [0.2, 0.25) is 10.0 Å². The van der Waals surface area contributed by atoms with E-state index in [-0.39, 0.29) is 11.9 Å². The van der Waals surface area contributed by atoms with Crippen LogP contribution < -0.4 is 11.1 Å². The molecule has 0 aliphatic heterocycles. The third-order valence-corrected chi connectivity index (χ3v) is 3.14. The molecule has 18 heavy (non-hydrogen) atoms. The first-order chi connectivity index (χ1) is 8.52. The molecule has 0 fully saturated rings. The lowest BCUT2D eigenvalue weighted by atomic mass is 10.1. The summed E-state index contributed by atoms with van der Waals surface area (Å²) in [6, 6.07) is 5.43. The molecule has 0 aliphatic carbocycles. The normalized spacial score (nSPS) is 12.2. The van der Waals surface area contributed by atoms with Gasteiger partial charge >= 0.3 is 0 Å². The SMILES string of the molecule is CC(Cc1ccc(Cl)cc1Cl)NC(=O)CCCN. The van der Waals surface area contributed by atoms with Crippen LogP contribution in [0.1, 0.15) is 25.3 Å². The van der Waals surface area contributed by atoms with Gasteiger partial charge in [-0.15, -0.1) is 0 Å². The summed E-state index contributed by atoms with van der Waals surface area (Å²) in [7, 11) is 0. The lowest BCUT2D eigenvalue weighted by molar-refractivity contribution is -0.121. The van der Waals surface area contributed by atoms with Crippen LogP contribution in [-0.2, 0) is 11.2 Å². The van der Waals surface area contributed by atoms with Gasteiger partial charge in [-0.1, -0.05) is 29.3 Å². The largest absolute Gasteiger partial charge is 0.353 e. The Morgan fingerprint density at radius 1 is 1.44 bits per heavy atom. The predicted molar refractivity (Wildman–Crippen MR) is 76.1 cm³/mol. The Labute approximate surface area is 118 Å². The number of benzene rings is 1. The molecule has 100 valence electrons. The van der Waals surface area contributed by atoms with Crippen molar-refractivity contribution in [3.63, 3.8) is 0 Å². The molecule has 1 aromatic carbocycles. The first-order valence-electron chi connectivity index (χ1n) is 5.96. The number of nitrogens with two attached hydrogens (primary N) is 1. The summed E-state index contributed by atoms with van der Waals surface area (Å²) < 4.78 is 0. The Hall–Kier alpha value is -0.770. The van der Waals surface area contributed by atoms with Crippen molar-refractivity contribution >= 4 is 29.1 Å². The van der Waals surface area contributed by atoms with Gasteiger partial charge in [-0.3, -0.25) is 4.79 Å². The summed E-state index contributed by atoms with van der Waals surface area (Å²) in [5.41, 5.74) is 6.33. The molecule has 0 saturated carbocycles. The zero-order chi connectivity index (χ0) is 13.5. The molecule has 0 bridgehead atoms. The van der Waals surface area contributed by atoms with Crippen LogP contribution in [-0.4, -0.2) is 18.5 Å². The van der Waals surface area contributed by atoms with Crippen molar-refractivity contribution in [1.29, 1.82) is 0 Å². The highest BCUT2D eigenvalue weighted by atomic mass is 35.5. The number of halogens is 2. The average Bonchev–Trinajstić information content (AvgIpc) is 2.30. The van der Waals surface area contributed by atoms with Gasteiger partial charge in [0.25, 0.3) is 0 Å². The van der Waals surface area contributed by atoms with Crippen LogP contribution >= 0.6 is 23.2 Å². The van der Waals surface area contributed by atoms with Crippen LogP contribution in [0.15, 0.2) is 18.2 Å². The number of amides is 1. The van der Waals surface area contributed by atoms with Gasteiger partial charge in [-0.2, -0.15) is 0 Å². The predicted octanol–water partition coefficient (Wildman–Crippen LogP) is 2.78. The summed E-state index contributed by atoms with van der Waals surface area (Å²) in [5, 5.41) is 4.16. The fraction of sp³-hybridized carbons (Fsp3) is 0.462. The molecular weight excluding hydrogens is 271 g/mol. The van der Waals surface area contributed by atoms with Crippen molar-refractivity contribution in [1.82, 2.24) is 5.32 Å². The van der Waals surface area contributed by atoms with Crippen molar-refractivity contribution in [2.75, 3.05) is 6.54 Å². The topological polar surface area (TPSA) is 55.1 Å². The lowest BCUT2D eigenvalue weighted by Crippen LogP contribution is -2.34. The highest BCUT2D eigenvalue weighted by Gasteiger charge is 2.10. The molecule has 0 aromatic heterocycles. The molecule has 0 spiro atoms. The molecule has 3 nitrogen and oxygen atoms in total. The first-order valence-corrected chi connectivity index (χ1v) is 6.72. The van der Waals surface area contributed by atoms with Gasteiger partial charge in [-0.25, -0.2) is 0 Å². The molecule has 0 heterocycles. The zero-order valence-corrected chi connectivity index (χ0v) is 11.9. The van der Waals surface area contributed by atoms with Gasteiger partial charge in [-0.05, 0) is 44.0 Å². The van der Waals surface area contributed by atoms with E-state index < -0.39 is 0 Å². The highest BCUT2D eigenvalue weighted by Crippen LogP contribution is 2.22. The average molecular weight is 289 g/mol. The second-order valence-corrected chi connectivity index (χ2v) is 5.14. The van der Waals surface area contributed by atoms with E-state index in [4.69, 9.17) is 28.9 Å². The minimum Gasteiger partial charge on any atom is -0.353 e. The Kier molecular flexibility index (Phi) is 6.47. The van der Waals surface area contributed by atoms with Gasteiger partial charge in [0.1, 0.15) is 0 Å². The molecule has 1 unspecified atom stereocenters. The smallest absolute Gasteiger partial charge is 0.220 e. The number of carbonyl (C=O) groups excluding carboxylic acids is 1. The number of hydrogen-bond donors (Lipinski definition) is 2. The van der Waals surface area contributed by atoms with Crippen molar-refractivity contribution in [3.05, 3.63) is 33.8 Å². The molecule has 1 amide bonds. The molecular formula is C13H18Cl2N2O. The second kappa shape index (κ2) is 7.62. The third-order valence-electron chi connectivity index (χ3n) is 2.56. The van der Waals surface area contributed by atoms with Gasteiger partial charge < -0.3 is 11.1 Å². The molecule has 0 saturated heterocycles. The van der Waals surface area contributed by atoms with Gasteiger partial charge in [0, 0.05) is 22.5 Å². The van der Waals surface area contributed by atoms with Gasteiger partial charge in [0.15, 0.2) is 0 Å². The molecule has 1 aromatic rings. The Morgan fingerprint density at radius 3 is 2.78 bits per heavy atom. The lowest BCUT2D eigenvalue weighted by Gasteiger charge is -2.15. The molecule has 0 aliphatic rings. The van der Waals surface area contributed by atoms with Crippen LogP contribution in [0.25, 0.3) is 0 Å². The minimum atomic E-state index is 0.0260. The second-order valence-electron chi connectivity index (χ2n) is 4.30. The maximum atomic E-state index is 11.5. The standard InChI is InChI=1S/C13H18Cl2N2O/c1-9(17-13(18)3-2-6-16)7-10-4-5-11(14)8-12(10)15/h4-5,8-9H,2-3,6-7,16H2,1H3,(H,17,18).